The molecule has 0 aromatic carbocycles. The van der Waals surface area contributed by atoms with E-state index in [-0.39, 0.29) is 12.3 Å². The lowest BCUT2D eigenvalue weighted by molar-refractivity contribution is -0.137. The second-order valence-corrected chi connectivity index (χ2v) is 4.28. The number of carboxylic acid groups (broad SMARTS) is 1. The van der Waals surface area contributed by atoms with Gasteiger partial charge in [-0.25, -0.2) is 0 Å². The van der Waals surface area contributed by atoms with Crippen LogP contribution in [0.2, 0.25) is 0 Å². The van der Waals surface area contributed by atoms with E-state index in [2.05, 4.69) is 15.5 Å². The highest BCUT2D eigenvalue weighted by molar-refractivity contribution is 5.91. The van der Waals surface area contributed by atoms with Gasteiger partial charge in [-0.3, -0.25) is 9.59 Å². The zero-order valence-electron chi connectivity index (χ0n) is 11.1. The molecular formula is C12H18N4O3. The lowest BCUT2D eigenvalue weighted by atomic mass is 10.2. The molecule has 7 nitrogen and oxygen atoms in total. The maximum Gasteiger partial charge on any atom is 0.303 e. The van der Waals surface area contributed by atoms with E-state index >= 15 is 0 Å². The third-order valence-corrected chi connectivity index (χ3v) is 2.41. The van der Waals surface area contributed by atoms with Crippen molar-refractivity contribution in [3.63, 3.8) is 0 Å². The summed E-state index contributed by atoms with van der Waals surface area (Å²) in [6, 6.07) is 3.29. The summed E-state index contributed by atoms with van der Waals surface area (Å²) in [5.41, 5.74) is 0.293. The van der Waals surface area contributed by atoms with Crippen molar-refractivity contribution in [1.29, 1.82) is 0 Å². The molecule has 0 spiro atoms. The van der Waals surface area contributed by atoms with Gasteiger partial charge in [0.15, 0.2) is 5.69 Å². The fourth-order valence-electron chi connectivity index (χ4n) is 1.39. The molecule has 1 aromatic heterocycles. The summed E-state index contributed by atoms with van der Waals surface area (Å²) in [5, 5.41) is 19.2. The second-order valence-electron chi connectivity index (χ2n) is 4.28. The largest absolute Gasteiger partial charge is 0.481 e. The van der Waals surface area contributed by atoms with E-state index in [9.17, 15) is 9.59 Å². The summed E-state index contributed by atoms with van der Waals surface area (Å²) < 4.78 is 0. The molecule has 1 rings (SSSR count). The quantitative estimate of drug-likeness (QED) is 0.710. The number of rotatable bonds is 7. The van der Waals surface area contributed by atoms with Crippen LogP contribution in [0.1, 0.15) is 29.8 Å². The van der Waals surface area contributed by atoms with Gasteiger partial charge in [-0.1, -0.05) is 0 Å². The lowest BCUT2D eigenvalue weighted by Gasteiger charge is -2.09. The number of amides is 1. The summed E-state index contributed by atoms with van der Waals surface area (Å²) in [6.07, 6.45) is 1.53. The molecule has 7 heteroatoms. The van der Waals surface area contributed by atoms with Crippen molar-refractivity contribution in [3.05, 3.63) is 17.8 Å². The number of carboxylic acids is 1. The van der Waals surface area contributed by atoms with Crippen LogP contribution < -0.4 is 5.32 Å². The van der Waals surface area contributed by atoms with E-state index in [1.165, 1.54) is 4.90 Å². The maximum absolute atomic E-state index is 11.6. The Labute approximate surface area is 111 Å². The Kier molecular flexibility index (Phi) is 5.72. The van der Waals surface area contributed by atoms with Gasteiger partial charge >= 0.3 is 5.97 Å². The van der Waals surface area contributed by atoms with E-state index in [0.717, 1.165) is 6.42 Å². The first kappa shape index (κ1) is 14.9. The van der Waals surface area contributed by atoms with Crippen LogP contribution >= 0.6 is 0 Å². The average Bonchev–Trinajstić information content (AvgIpc) is 2.37. The molecule has 19 heavy (non-hydrogen) atoms. The summed E-state index contributed by atoms with van der Waals surface area (Å²) >= 11 is 0. The van der Waals surface area contributed by atoms with Crippen molar-refractivity contribution in [3.8, 4) is 0 Å². The van der Waals surface area contributed by atoms with Gasteiger partial charge in [-0.2, -0.15) is 0 Å². The van der Waals surface area contributed by atoms with Gasteiger partial charge in [0.05, 0.1) is 0 Å². The minimum Gasteiger partial charge on any atom is -0.481 e. The van der Waals surface area contributed by atoms with Crippen LogP contribution in [0.15, 0.2) is 12.1 Å². The van der Waals surface area contributed by atoms with Crippen LogP contribution in [0.3, 0.4) is 0 Å². The Bertz CT molecular complexity index is 431. The van der Waals surface area contributed by atoms with Gasteiger partial charge in [0.1, 0.15) is 5.82 Å². The molecule has 0 aliphatic heterocycles. The number of nitrogens with zero attached hydrogens (tertiary/aromatic N) is 3. The van der Waals surface area contributed by atoms with Crippen molar-refractivity contribution in [2.24, 2.45) is 0 Å². The summed E-state index contributed by atoms with van der Waals surface area (Å²) in [4.78, 5) is 23.3. The molecule has 1 aromatic rings. The molecule has 104 valence electrons. The van der Waals surface area contributed by atoms with Crippen LogP contribution in [0.25, 0.3) is 0 Å². The summed E-state index contributed by atoms with van der Waals surface area (Å²) in [5.74, 6) is -0.405. The number of nitrogens with one attached hydrogen (secondary N) is 1. The molecule has 0 aliphatic rings. The van der Waals surface area contributed by atoms with Crippen LogP contribution in [-0.4, -0.2) is 52.7 Å². The first-order chi connectivity index (χ1) is 9.00. The molecule has 0 saturated heterocycles. The number of hydrogen-bond acceptors (Lipinski definition) is 5. The zero-order chi connectivity index (χ0) is 14.3. The highest BCUT2D eigenvalue weighted by Gasteiger charge is 2.09. The summed E-state index contributed by atoms with van der Waals surface area (Å²) in [6.45, 7) is 0.628. The topological polar surface area (TPSA) is 95.4 Å². The first-order valence-corrected chi connectivity index (χ1v) is 6.01. The SMILES string of the molecule is CN(C)C(=O)c1ccc(NCCCCC(=O)O)nn1. The van der Waals surface area contributed by atoms with E-state index in [1.54, 1.807) is 26.2 Å². The number of aromatic nitrogens is 2. The van der Waals surface area contributed by atoms with Crippen molar-refractivity contribution in [2.45, 2.75) is 19.3 Å². The normalized spacial score (nSPS) is 10.0. The van der Waals surface area contributed by atoms with Gasteiger partial charge in [-0.05, 0) is 25.0 Å². The fourth-order valence-corrected chi connectivity index (χ4v) is 1.39. The van der Waals surface area contributed by atoms with Crippen molar-refractivity contribution in [1.82, 2.24) is 15.1 Å². The van der Waals surface area contributed by atoms with Gasteiger partial charge in [0, 0.05) is 27.1 Å². The molecule has 0 bridgehead atoms. The average molecular weight is 266 g/mol. The first-order valence-electron chi connectivity index (χ1n) is 6.01. The van der Waals surface area contributed by atoms with Gasteiger partial charge in [0.25, 0.3) is 5.91 Å². The molecule has 1 heterocycles. The predicted molar refractivity (Wildman–Crippen MR) is 70.0 cm³/mol. The Morgan fingerprint density at radius 2 is 2.00 bits per heavy atom. The molecular weight excluding hydrogens is 248 g/mol. The number of aliphatic carboxylic acids is 1. The molecule has 0 unspecified atom stereocenters. The third kappa shape index (κ3) is 5.33. The van der Waals surface area contributed by atoms with Crippen LogP contribution in [0.4, 0.5) is 5.82 Å². The number of anilines is 1. The Morgan fingerprint density at radius 3 is 2.53 bits per heavy atom. The van der Waals surface area contributed by atoms with E-state index < -0.39 is 5.97 Å². The van der Waals surface area contributed by atoms with E-state index in [1.807, 2.05) is 0 Å². The van der Waals surface area contributed by atoms with Gasteiger partial charge < -0.3 is 15.3 Å². The highest BCUT2D eigenvalue weighted by atomic mass is 16.4. The Morgan fingerprint density at radius 1 is 1.26 bits per heavy atom. The predicted octanol–water partition coefficient (Wildman–Crippen LogP) is 0.845. The molecule has 2 N–H and O–H groups in total. The highest BCUT2D eigenvalue weighted by Crippen LogP contribution is 2.04. The molecule has 1 amide bonds. The van der Waals surface area contributed by atoms with Gasteiger partial charge in [0.2, 0.25) is 0 Å². The standard InChI is InChI=1S/C12H18N4O3/c1-16(2)12(19)9-6-7-10(15-14-9)13-8-4-3-5-11(17)18/h6-7H,3-5,8H2,1-2H3,(H,13,15)(H,17,18). The third-order valence-electron chi connectivity index (χ3n) is 2.41. The van der Waals surface area contributed by atoms with Crippen molar-refractivity contribution in [2.75, 3.05) is 26.0 Å². The lowest BCUT2D eigenvalue weighted by Crippen LogP contribution is -2.23. The molecule has 0 fully saturated rings. The molecule has 0 radical (unpaired) electrons. The zero-order valence-corrected chi connectivity index (χ0v) is 11.1. The number of carbonyl (C=O) groups is 2. The Balaban J connectivity index is 2.36. The van der Waals surface area contributed by atoms with E-state index in [0.29, 0.717) is 24.5 Å². The van der Waals surface area contributed by atoms with Crippen molar-refractivity contribution >= 4 is 17.7 Å². The minimum absolute atomic E-state index is 0.170. The second kappa shape index (κ2) is 7.30. The molecule has 0 saturated carbocycles. The minimum atomic E-state index is -0.786. The maximum atomic E-state index is 11.6. The monoisotopic (exact) mass is 266 g/mol. The number of hydrogen-bond donors (Lipinski definition) is 2. The van der Waals surface area contributed by atoms with Crippen molar-refractivity contribution < 1.29 is 14.7 Å². The number of unbranched alkanes of at least 4 members (excludes halogenated alkanes) is 1. The molecule has 0 aliphatic carbocycles. The van der Waals surface area contributed by atoms with Crippen LogP contribution in [0.5, 0.6) is 0 Å². The van der Waals surface area contributed by atoms with Crippen LogP contribution in [0, 0.1) is 0 Å². The van der Waals surface area contributed by atoms with Gasteiger partial charge in [-0.15, -0.1) is 10.2 Å². The van der Waals surface area contributed by atoms with Crippen LogP contribution in [-0.2, 0) is 4.79 Å². The molecule has 0 atom stereocenters. The fraction of sp³-hybridized carbons (Fsp3) is 0.500. The smallest absolute Gasteiger partial charge is 0.303 e. The van der Waals surface area contributed by atoms with E-state index in [4.69, 9.17) is 5.11 Å². The summed E-state index contributed by atoms with van der Waals surface area (Å²) in [7, 11) is 3.30. The number of carbonyl (C=O) groups excluding carboxylic acids is 1. The Hall–Kier alpha value is -2.18.